The molecule has 208 valence electrons. The van der Waals surface area contributed by atoms with Crippen molar-refractivity contribution in [1.29, 1.82) is 0 Å². The van der Waals surface area contributed by atoms with E-state index in [4.69, 9.17) is 9.97 Å². The molecule has 10 heteroatoms. The topological polar surface area (TPSA) is 110 Å². The Kier molecular flexibility index (Phi) is 6.34. The molecule has 1 unspecified atom stereocenters. The van der Waals surface area contributed by atoms with Crippen molar-refractivity contribution >= 4 is 28.5 Å². The highest BCUT2D eigenvalue weighted by Gasteiger charge is 2.37. The molecule has 0 bridgehead atoms. The number of aromatic nitrogens is 7. The lowest BCUT2D eigenvalue weighted by Gasteiger charge is -2.45. The summed E-state index contributed by atoms with van der Waals surface area (Å²) in [6.07, 6.45) is 10.8. The predicted molar refractivity (Wildman–Crippen MR) is 161 cm³/mol. The van der Waals surface area contributed by atoms with Crippen molar-refractivity contribution in [3.05, 3.63) is 72.9 Å². The van der Waals surface area contributed by atoms with Crippen molar-refractivity contribution < 1.29 is 0 Å². The highest BCUT2D eigenvalue weighted by atomic mass is 15.4. The molecule has 0 spiro atoms. The molecule has 1 aromatic carbocycles. The minimum Gasteiger partial charge on any atom is -0.355 e. The molecular formula is C31H34N10. The summed E-state index contributed by atoms with van der Waals surface area (Å²) in [7, 11) is 2.19. The predicted octanol–water partition coefficient (Wildman–Crippen LogP) is 5.11. The Morgan fingerprint density at radius 3 is 2.68 bits per heavy atom. The van der Waals surface area contributed by atoms with Gasteiger partial charge in [0.25, 0.3) is 0 Å². The van der Waals surface area contributed by atoms with Gasteiger partial charge >= 0.3 is 0 Å². The molecule has 1 saturated heterocycles. The second-order valence-electron chi connectivity index (χ2n) is 11.8. The van der Waals surface area contributed by atoms with Crippen molar-refractivity contribution in [2.24, 2.45) is 5.41 Å². The molecule has 5 aromatic rings. The van der Waals surface area contributed by atoms with Crippen molar-refractivity contribution in [2.45, 2.75) is 45.1 Å². The number of rotatable bonds is 7. The first-order chi connectivity index (χ1) is 20.0. The standard InChI is InChI=1S/C31H34N10/c1-31(2)18-32-13-12-25(31)40(3)29-27-23(20-9-10-20)16-33-17-24(27)36-28(38-29)21-11-14-34-26(15-21)37-30-35-19-41(39-30)22-7-5-4-6-8-22/h4-8,11,14-17,19-20,25,32H,9-10,12-13,18H2,1-3H3,(H,34,37,39). The Labute approximate surface area is 239 Å². The SMILES string of the molecule is CN(c1nc(-c2ccnc(Nc3ncn(-c4ccccc4)n3)c2)nc2cncc(C3CC3)c12)C1CCNCC1(C)C. The van der Waals surface area contributed by atoms with Crippen LogP contribution >= 0.6 is 0 Å². The van der Waals surface area contributed by atoms with Gasteiger partial charge in [0.05, 0.1) is 17.4 Å². The van der Waals surface area contributed by atoms with Crippen molar-refractivity contribution in [3.63, 3.8) is 0 Å². The lowest BCUT2D eigenvalue weighted by Crippen LogP contribution is -2.53. The number of anilines is 3. The summed E-state index contributed by atoms with van der Waals surface area (Å²) < 4.78 is 1.73. The smallest absolute Gasteiger partial charge is 0.248 e. The van der Waals surface area contributed by atoms with Gasteiger partial charge < -0.3 is 15.5 Å². The summed E-state index contributed by atoms with van der Waals surface area (Å²) in [6, 6.07) is 14.1. The van der Waals surface area contributed by atoms with Gasteiger partial charge in [0.1, 0.15) is 18.0 Å². The number of hydrogen-bond acceptors (Lipinski definition) is 9. The van der Waals surface area contributed by atoms with Crippen LogP contribution in [0.25, 0.3) is 28.0 Å². The van der Waals surface area contributed by atoms with Crippen LogP contribution in [0.3, 0.4) is 0 Å². The average molecular weight is 547 g/mol. The van der Waals surface area contributed by atoms with Gasteiger partial charge in [-0.2, -0.15) is 4.98 Å². The molecule has 2 N–H and O–H groups in total. The fraction of sp³-hybridized carbons (Fsp3) is 0.355. The minimum atomic E-state index is 0.0983. The van der Waals surface area contributed by atoms with Crippen LogP contribution in [-0.2, 0) is 0 Å². The zero-order valence-electron chi connectivity index (χ0n) is 23.6. The number of benzene rings is 1. The van der Waals surface area contributed by atoms with E-state index >= 15 is 0 Å². The number of nitrogens with one attached hydrogen (secondary N) is 2. The number of piperidine rings is 1. The minimum absolute atomic E-state index is 0.0983. The van der Waals surface area contributed by atoms with E-state index < -0.39 is 0 Å². The van der Waals surface area contributed by atoms with E-state index in [1.165, 1.54) is 18.4 Å². The van der Waals surface area contributed by atoms with Gasteiger partial charge in [-0.3, -0.25) is 4.98 Å². The van der Waals surface area contributed by atoms with Gasteiger partial charge in [-0.15, -0.1) is 5.10 Å². The number of hydrogen-bond donors (Lipinski definition) is 2. The molecule has 0 amide bonds. The lowest BCUT2D eigenvalue weighted by molar-refractivity contribution is 0.215. The van der Waals surface area contributed by atoms with E-state index in [0.717, 1.165) is 47.5 Å². The molecular weight excluding hydrogens is 512 g/mol. The van der Waals surface area contributed by atoms with E-state index in [2.05, 4.69) is 56.5 Å². The molecule has 2 fully saturated rings. The van der Waals surface area contributed by atoms with Crippen molar-refractivity contribution in [2.75, 3.05) is 30.4 Å². The molecule has 1 aliphatic carbocycles. The summed E-state index contributed by atoms with van der Waals surface area (Å²) >= 11 is 0. The molecule has 10 nitrogen and oxygen atoms in total. The molecule has 1 saturated carbocycles. The van der Waals surface area contributed by atoms with E-state index in [0.29, 0.717) is 29.6 Å². The molecule has 1 atom stereocenters. The Hall–Kier alpha value is -4.44. The fourth-order valence-corrected chi connectivity index (χ4v) is 5.98. The maximum absolute atomic E-state index is 5.25. The molecule has 41 heavy (non-hydrogen) atoms. The summed E-state index contributed by atoms with van der Waals surface area (Å²) in [4.78, 5) is 26.2. The van der Waals surface area contributed by atoms with E-state index in [1.54, 1.807) is 17.2 Å². The van der Waals surface area contributed by atoms with Crippen molar-refractivity contribution in [3.8, 4) is 17.1 Å². The number of fused-ring (bicyclic) bond motifs is 1. The second kappa shape index (κ2) is 10.2. The summed E-state index contributed by atoms with van der Waals surface area (Å²) in [6.45, 7) is 6.64. The Morgan fingerprint density at radius 2 is 1.88 bits per heavy atom. The van der Waals surface area contributed by atoms with Crippen LogP contribution in [0.5, 0.6) is 0 Å². The van der Waals surface area contributed by atoms with E-state index in [-0.39, 0.29) is 5.41 Å². The maximum Gasteiger partial charge on any atom is 0.248 e. The summed E-state index contributed by atoms with van der Waals surface area (Å²) in [5, 5.41) is 12.5. The van der Waals surface area contributed by atoms with Gasteiger partial charge in [-0.25, -0.2) is 19.6 Å². The van der Waals surface area contributed by atoms with Gasteiger partial charge in [-0.1, -0.05) is 32.0 Å². The summed E-state index contributed by atoms with van der Waals surface area (Å²) in [5.74, 6) is 3.24. The largest absolute Gasteiger partial charge is 0.355 e. The third-order valence-electron chi connectivity index (χ3n) is 8.28. The molecule has 5 heterocycles. The number of pyridine rings is 2. The number of nitrogens with zero attached hydrogens (tertiary/aromatic N) is 8. The Morgan fingerprint density at radius 1 is 1.02 bits per heavy atom. The molecule has 0 radical (unpaired) electrons. The first-order valence-electron chi connectivity index (χ1n) is 14.3. The first-order valence-corrected chi connectivity index (χ1v) is 14.3. The molecule has 2 aliphatic rings. The normalized spacial score (nSPS) is 18.4. The van der Waals surface area contributed by atoms with Crippen LogP contribution in [0.2, 0.25) is 0 Å². The molecule has 7 rings (SSSR count). The monoisotopic (exact) mass is 546 g/mol. The Balaban J connectivity index is 1.26. The zero-order chi connectivity index (χ0) is 28.0. The Bertz CT molecular complexity index is 1690. The van der Waals surface area contributed by atoms with E-state index in [1.807, 2.05) is 54.9 Å². The van der Waals surface area contributed by atoms with Crippen LogP contribution in [0.15, 0.2) is 67.4 Å². The third-order valence-corrected chi connectivity index (χ3v) is 8.28. The maximum atomic E-state index is 5.25. The number of para-hydroxylation sites is 1. The van der Waals surface area contributed by atoms with Crippen molar-refractivity contribution in [1.82, 2.24) is 40.0 Å². The quantitative estimate of drug-likeness (QED) is 0.288. The van der Waals surface area contributed by atoms with Crippen LogP contribution in [0.4, 0.5) is 17.6 Å². The van der Waals surface area contributed by atoms with Crippen LogP contribution in [-0.4, -0.2) is 60.9 Å². The van der Waals surface area contributed by atoms with Crippen LogP contribution in [0, 0.1) is 5.41 Å². The highest BCUT2D eigenvalue weighted by molar-refractivity contribution is 5.94. The van der Waals surface area contributed by atoms with Crippen LogP contribution < -0.4 is 15.5 Å². The average Bonchev–Trinajstić information content (AvgIpc) is 3.74. The van der Waals surface area contributed by atoms with Gasteiger partial charge in [-0.05, 0) is 67.0 Å². The molecule has 4 aromatic heterocycles. The first kappa shape index (κ1) is 25.5. The fourth-order valence-electron chi connectivity index (χ4n) is 5.98. The third kappa shape index (κ3) is 4.99. The summed E-state index contributed by atoms with van der Waals surface area (Å²) in [5.41, 5.74) is 4.04. The highest BCUT2D eigenvalue weighted by Crippen LogP contribution is 2.45. The van der Waals surface area contributed by atoms with Gasteiger partial charge in [0, 0.05) is 43.0 Å². The van der Waals surface area contributed by atoms with Crippen LogP contribution in [0.1, 0.15) is 44.6 Å². The van der Waals surface area contributed by atoms with Gasteiger partial charge in [0.2, 0.25) is 5.95 Å². The lowest BCUT2D eigenvalue weighted by atomic mass is 9.79. The molecule has 1 aliphatic heterocycles. The van der Waals surface area contributed by atoms with Gasteiger partial charge in [0.15, 0.2) is 5.82 Å². The second-order valence-corrected chi connectivity index (χ2v) is 11.8. The van der Waals surface area contributed by atoms with E-state index in [9.17, 15) is 0 Å². The zero-order valence-corrected chi connectivity index (χ0v) is 23.6.